The van der Waals surface area contributed by atoms with E-state index in [4.69, 9.17) is 43.4 Å². The molecule has 0 aliphatic rings. The van der Waals surface area contributed by atoms with Gasteiger partial charge in [0, 0.05) is 28.9 Å². The number of benzene rings is 3. The first-order chi connectivity index (χ1) is 18.4. The van der Waals surface area contributed by atoms with E-state index in [0.717, 1.165) is 16.7 Å². The molecule has 39 heavy (non-hydrogen) atoms. The fraction of sp³-hybridized carbons (Fsp3) is 0.233. The van der Waals surface area contributed by atoms with Crippen molar-refractivity contribution in [3.63, 3.8) is 0 Å². The highest BCUT2D eigenvalue weighted by atomic mass is 35.5. The smallest absolute Gasteiger partial charge is 0.337 e. The minimum absolute atomic E-state index is 0.394. The second kappa shape index (κ2) is 11.6. The molecule has 0 aliphatic carbocycles. The molecule has 9 heteroatoms. The molecule has 0 amide bonds. The Bertz CT molecular complexity index is 1490. The molecule has 4 aromatic rings. The van der Waals surface area contributed by atoms with Crippen LogP contribution in [0.1, 0.15) is 48.3 Å². The summed E-state index contributed by atoms with van der Waals surface area (Å²) in [5, 5.41) is 1.02. The van der Waals surface area contributed by atoms with Crippen LogP contribution in [-0.2, 0) is 20.8 Å². The summed E-state index contributed by atoms with van der Waals surface area (Å²) in [6.45, 7) is 5.88. The first kappa shape index (κ1) is 28.4. The van der Waals surface area contributed by atoms with Crippen LogP contribution in [0.4, 0.5) is 0 Å². The van der Waals surface area contributed by atoms with Crippen LogP contribution >= 0.6 is 23.2 Å². The number of hydrogen-bond acceptors (Lipinski definition) is 6. The van der Waals surface area contributed by atoms with Crippen molar-refractivity contribution < 1.29 is 19.1 Å². The van der Waals surface area contributed by atoms with Crippen LogP contribution in [0.3, 0.4) is 0 Å². The molecule has 0 saturated carbocycles. The number of halogens is 2. The summed E-state index contributed by atoms with van der Waals surface area (Å²) in [6.07, 6.45) is 1.92. The predicted octanol–water partition coefficient (Wildman–Crippen LogP) is 6.70. The van der Waals surface area contributed by atoms with Crippen LogP contribution < -0.4 is 5.73 Å². The molecule has 0 aliphatic heterocycles. The Hall–Kier alpha value is -3.65. The van der Waals surface area contributed by atoms with E-state index in [1.165, 1.54) is 7.11 Å². The maximum Gasteiger partial charge on any atom is 0.337 e. The SMILES string of the molecule is COC(=O)c1ccc(Cn2cc(-c3ccc(Cl)cc3Cl)nc2-c2ccc(C(N)C(=O)OC(C)(C)C)cc2)cc1. The van der Waals surface area contributed by atoms with Crippen molar-refractivity contribution in [2.75, 3.05) is 7.11 Å². The molecule has 4 rings (SSSR count). The lowest BCUT2D eigenvalue weighted by Crippen LogP contribution is -2.31. The molecule has 3 aromatic carbocycles. The van der Waals surface area contributed by atoms with Gasteiger partial charge in [-0.15, -0.1) is 0 Å². The molecule has 202 valence electrons. The Morgan fingerprint density at radius 1 is 1.00 bits per heavy atom. The van der Waals surface area contributed by atoms with Gasteiger partial charge in [-0.25, -0.2) is 14.6 Å². The largest absolute Gasteiger partial charge is 0.465 e. The van der Waals surface area contributed by atoms with Gasteiger partial charge < -0.3 is 19.8 Å². The van der Waals surface area contributed by atoms with Crippen molar-refractivity contribution in [2.24, 2.45) is 5.73 Å². The zero-order chi connectivity index (χ0) is 28.3. The minimum Gasteiger partial charge on any atom is -0.465 e. The van der Waals surface area contributed by atoms with E-state index in [0.29, 0.717) is 39.2 Å². The average molecular weight is 566 g/mol. The van der Waals surface area contributed by atoms with Gasteiger partial charge >= 0.3 is 11.9 Å². The number of nitrogens with two attached hydrogens (primary N) is 1. The van der Waals surface area contributed by atoms with E-state index in [-0.39, 0.29) is 0 Å². The van der Waals surface area contributed by atoms with E-state index in [1.807, 2.05) is 41.1 Å². The van der Waals surface area contributed by atoms with Crippen LogP contribution in [0.5, 0.6) is 0 Å². The Labute approximate surface area is 237 Å². The van der Waals surface area contributed by atoms with E-state index in [9.17, 15) is 9.59 Å². The fourth-order valence-electron chi connectivity index (χ4n) is 4.00. The number of hydrogen-bond donors (Lipinski definition) is 1. The molecular formula is C30H29Cl2N3O4. The number of esters is 2. The third-order valence-electron chi connectivity index (χ3n) is 5.90. The number of methoxy groups -OCH3 is 1. The van der Waals surface area contributed by atoms with Crippen molar-refractivity contribution in [3.05, 3.63) is 99.7 Å². The van der Waals surface area contributed by atoms with Crippen molar-refractivity contribution in [1.82, 2.24) is 9.55 Å². The third kappa shape index (κ3) is 6.87. The van der Waals surface area contributed by atoms with E-state index >= 15 is 0 Å². The summed E-state index contributed by atoms with van der Waals surface area (Å²) in [5.41, 5.74) is 9.82. The first-order valence-corrected chi connectivity index (χ1v) is 13.0. The number of carbonyl (C=O) groups is 2. The molecule has 0 fully saturated rings. The summed E-state index contributed by atoms with van der Waals surface area (Å²) in [7, 11) is 1.35. The number of rotatable bonds is 7. The zero-order valence-corrected chi connectivity index (χ0v) is 23.6. The number of aromatic nitrogens is 2. The summed E-state index contributed by atoms with van der Waals surface area (Å²) in [5.74, 6) is -0.202. The average Bonchev–Trinajstić information content (AvgIpc) is 3.30. The maximum absolute atomic E-state index is 12.5. The van der Waals surface area contributed by atoms with Gasteiger partial charge in [0.1, 0.15) is 17.5 Å². The van der Waals surface area contributed by atoms with E-state index in [2.05, 4.69) is 0 Å². The monoisotopic (exact) mass is 565 g/mol. The fourth-order valence-corrected chi connectivity index (χ4v) is 4.50. The van der Waals surface area contributed by atoms with Crippen molar-refractivity contribution in [2.45, 2.75) is 39.0 Å². The van der Waals surface area contributed by atoms with Gasteiger partial charge in [-0.2, -0.15) is 0 Å². The highest BCUT2D eigenvalue weighted by molar-refractivity contribution is 6.36. The molecule has 7 nitrogen and oxygen atoms in total. The second-order valence-electron chi connectivity index (χ2n) is 10.0. The number of imidazole rings is 1. The molecule has 1 atom stereocenters. The van der Waals surface area contributed by atoms with Crippen molar-refractivity contribution in [1.29, 1.82) is 0 Å². The maximum atomic E-state index is 12.5. The van der Waals surface area contributed by atoms with Crippen molar-refractivity contribution >= 4 is 35.1 Å². The topological polar surface area (TPSA) is 96.4 Å². The lowest BCUT2D eigenvalue weighted by Gasteiger charge is -2.22. The van der Waals surface area contributed by atoms with E-state index in [1.54, 1.807) is 57.2 Å². The summed E-state index contributed by atoms with van der Waals surface area (Å²) < 4.78 is 12.2. The zero-order valence-electron chi connectivity index (χ0n) is 22.1. The molecule has 2 N–H and O–H groups in total. The minimum atomic E-state index is -0.908. The normalized spacial score (nSPS) is 12.2. The van der Waals surface area contributed by atoms with Crippen LogP contribution in [-0.4, -0.2) is 34.2 Å². The van der Waals surface area contributed by atoms with Crippen LogP contribution in [0.15, 0.2) is 72.9 Å². The van der Waals surface area contributed by atoms with Crippen molar-refractivity contribution in [3.8, 4) is 22.6 Å². The Morgan fingerprint density at radius 2 is 1.67 bits per heavy atom. The molecular weight excluding hydrogens is 537 g/mol. The van der Waals surface area contributed by atoms with Gasteiger partial charge in [0.2, 0.25) is 0 Å². The van der Waals surface area contributed by atoms with Crippen LogP contribution in [0.2, 0.25) is 10.0 Å². The highest BCUT2D eigenvalue weighted by Crippen LogP contribution is 2.32. The van der Waals surface area contributed by atoms with Crippen LogP contribution in [0, 0.1) is 0 Å². The van der Waals surface area contributed by atoms with Gasteiger partial charge in [0.25, 0.3) is 0 Å². The Balaban J connectivity index is 1.69. The Kier molecular flexibility index (Phi) is 8.45. The molecule has 1 heterocycles. The van der Waals surface area contributed by atoms with Gasteiger partial charge in [-0.05, 0) is 62.2 Å². The third-order valence-corrected chi connectivity index (χ3v) is 6.45. The lowest BCUT2D eigenvalue weighted by atomic mass is 10.0. The molecule has 0 bridgehead atoms. The number of ether oxygens (including phenoxy) is 2. The molecule has 0 saturated heterocycles. The number of nitrogens with zero attached hydrogens (tertiary/aromatic N) is 2. The summed E-state index contributed by atoms with van der Waals surface area (Å²) in [6, 6.07) is 18.9. The molecule has 0 radical (unpaired) electrons. The van der Waals surface area contributed by atoms with E-state index < -0.39 is 23.6 Å². The number of carbonyl (C=O) groups excluding carboxylic acids is 2. The second-order valence-corrected chi connectivity index (χ2v) is 10.9. The first-order valence-electron chi connectivity index (χ1n) is 12.2. The Morgan fingerprint density at radius 3 is 2.26 bits per heavy atom. The standard InChI is InChI=1S/C30H29Cl2N3O4/c1-30(2,3)39-29(37)26(33)19-9-11-20(12-10-19)27-34-25(23-14-13-22(31)15-24(23)32)17-35(27)16-18-5-7-21(8-6-18)28(36)38-4/h5-15,17,26H,16,33H2,1-4H3. The molecule has 1 aromatic heterocycles. The summed E-state index contributed by atoms with van der Waals surface area (Å²) in [4.78, 5) is 29.2. The lowest BCUT2D eigenvalue weighted by molar-refractivity contribution is -0.156. The van der Waals surface area contributed by atoms with Gasteiger partial charge in [0.15, 0.2) is 0 Å². The summed E-state index contributed by atoms with van der Waals surface area (Å²) >= 11 is 12.6. The van der Waals surface area contributed by atoms with Gasteiger partial charge in [-0.3, -0.25) is 0 Å². The molecule has 0 spiro atoms. The highest BCUT2D eigenvalue weighted by Gasteiger charge is 2.24. The molecule has 1 unspecified atom stereocenters. The predicted molar refractivity (Wildman–Crippen MR) is 153 cm³/mol. The van der Waals surface area contributed by atoms with Gasteiger partial charge in [-0.1, -0.05) is 59.6 Å². The quantitative estimate of drug-likeness (QED) is 0.250. The van der Waals surface area contributed by atoms with Crippen LogP contribution in [0.25, 0.3) is 22.6 Å². The van der Waals surface area contributed by atoms with Gasteiger partial charge in [0.05, 0.1) is 23.4 Å².